The van der Waals surface area contributed by atoms with Gasteiger partial charge in [0.25, 0.3) is 0 Å². The molecule has 0 spiro atoms. The zero-order valence-corrected chi connectivity index (χ0v) is 9.56. The van der Waals surface area contributed by atoms with Crippen LogP contribution in [0.3, 0.4) is 0 Å². The van der Waals surface area contributed by atoms with Gasteiger partial charge in [0.05, 0.1) is 11.4 Å². The first-order valence-corrected chi connectivity index (χ1v) is 5.57. The van der Waals surface area contributed by atoms with E-state index in [1.54, 1.807) is 24.8 Å². The Kier molecular flexibility index (Phi) is 2.75. The molecule has 0 saturated heterocycles. The van der Waals surface area contributed by atoms with Crippen molar-refractivity contribution in [2.24, 2.45) is 0 Å². The van der Waals surface area contributed by atoms with Crippen LogP contribution < -0.4 is 0 Å². The third-order valence-electron chi connectivity index (χ3n) is 2.59. The molecule has 18 heavy (non-hydrogen) atoms. The lowest BCUT2D eigenvalue weighted by Crippen LogP contribution is -1.92. The lowest BCUT2D eigenvalue weighted by atomic mass is 10.1. The Hall–Kier alpha value is -2.62. The summed E-state index contributed by atoms with van der Waals surface area (Å²) in [5.74, 6) is 0. The van der Waals surface area contributed by atoms with Gasteiger partial charge in [0.1, 0.15) is 6.33 Å². The molecule has 0 N–H and O–H groups in total. The largest absolute Gasteiger partial charge is 0.264 e. The predicted molar refractivity (Wildman–Crippen MR) is 68.5 cm³/mol. The van der Waals surface area contributed by atoms with Crippen molar-refractivity contribution in [3.05, 3.63) is 61.4 Å². The van der Waals surface area contributed by atoms with E-state index in [1.807, 2.05) is 30.3 Å². The summed E-state index contributed by atoms with van der Waals surface area (Å²) >= 11 is 0. The molecule has 86 valence electrons. The van der Waals surface area contributed by atoms with Crippen LogP contribution in [0, 0.1) is 0 Å². The molecule has 4 nitrogen and oxygen atoms in total. The zero-order valence-electron chi connectivity index (χ0n) is 9.56. The Bertz CT molecular complexity index is 580. The second-order valence-electron chi connectivity index (χ2n) is 3.74. The lowest BCUT2D eigenvalue weighted by molar-refractivity contribution is 1.16. The molecule has 0 aliphatic carbocycles. The highest BCUT2D eigenvalue weighted by molar-refractivity contribution is 5.77. The van der Waals surface area contributed by atoms with Gasteiger partial charge in [0.15, 0.2) is 0 Å². The molecule has 0 saturated carbocycles. The molecule has 3 aromatic rings. The van der Waals surface area contributed by atoms with Gasteiger partial charge in [-0.15, -0.1) is 0 Å². The number of hydrogen-bond donors (Lipinski definition) is 0. The van der Waals surface area contributed by atoms with Gasteiger partial charge >= 0.3 is 0 Å². The fourth-order valence-electron chi connectivity index (χ4n) is 1.77. The molecular formula is C14H10N4. The topological polar surface area (TPSA) is 51.6 Å². The molecule has 3 aromatic heterocycles. The molecule has 0 aliphatic heterocycles. The Morgan fingerprint density at radius 1 is 0.778 bits per heavy atom. The molecule has 0 unspecified atom stereocenters. The van der Waals surface area contributed by atoms with Crippen LogP contribution >= 0.6 is 0 Å². The fourth-order valence-corrected chi connectivity index (χ4v) is 1.77. The van der Waals surface area contributed by atoms with Crippen LogP contribution in [0.5, 0.6) is 0 Å². The van der Waals surface area contributed by atoms with Crippen LogP contribution in [-0.4, -0.2) is 19.9 Å². The average Bonchev–Trinajstić information content (AvgIpc) is 2.49. The van der Waals surface area contributed by atoms with E-state index >= 15 is 0 Å². The molecule has 0 fully saturated rings. The summed E-state index contributed by atoms with van der Waals surface area (Å²) in [7, 11) is 0. The van der Waals surface area contributed by atoms with Crippen molar-refractivity contribution in [1.82, 2.24) is 19.9 Å². The molecule has 3 rings (SSSR count). The Morgan fingerprint density at radius 2 is 1.78 bits per heavy atom. The maximum atomic E-state index is 4.33. The van der Waals surface area contributed by atoms with E-state index in [0.29, 0.717) is 0 Å². The Labute approximate surface area is 104 Å². The normalized spacial score (nSPS) is 10.2. The van der Waals surface area contributed by atoms with Gasteiger partial charge in [-0.3, -0.25) is 9.97 Å². The number of pyridine rings is 2. The molecule has 3 heterocycles. The number of hydrogen-bond acceptors (Lipinski definition) is 4. The smallest absolute Gasteiger partial charge is 0.116 e. The van der Waals surface area contributed by atoms with Crippen molar-refractivity contribution in [2.75, 3.05) is 0 Å². The van der Waals surface area contributed by atoms with Crippen LogP contribution in [0.1, 0.15) is 0 Å². The first kappa shape index (κ1) is 10.5. The zero-order chi connectivity index (χ0) is 12.2. The van der Waals surface area contributed by atoms with Crippen molar-refractivity contribution in [2.45, 2.75) is 0 Å². The molecule has 0 aliphatic rings. The summed E-state index contributed by atoms with van der Waals surface area (Å²) in [5, 5.41) is 0. The van der Waals surface area contributed by atoms with E-state index in [4.69, 9.17) is 0 Å². The Balaban J connectivity index is 2.18. The molecule has 0 bridgehead atoms. The van der Waals surface area contributed by atoms with Crippen molar-refractivity contribution >= 4 is 0 Å². The number of nitrogens with zero attached hydrogens (tertiary/aromatic N) is 4. The summed E-state index contributed by atoms with van der Waals surface area (Å²) in [5.41, 5.74) is 3.57. The fraction of sp³-hybridized carbons (Fsp3) is 0. The molecule has 0 aromatic carbocycles. The van der Waals surface area contributed by atoms with Crippen LogP contribution in [0.15, 0.2) is 61.4 Å². The molecule has 0 amide bonds. The maximum absolute atomic E-state index is 4.33. The maximum Gasteiger partial charge on any atom is 0.116 e. The highest BCUT2D eigenvalue weighted by atomic mass is 14.8. The minimum atomic E-state index is 0.844. The van der Waals surface area contributed by atoms with Gasteiger partial charge in [-0.05, 0) is 24.3 Å². The average molecular weight is 234 g/mol. The van der Waals surface area contributed by atoms with Crippen molar-refractivity contribution in [3.8, 4) is 22.5 Å². The summed E-state index contributed by atoms with van der Waals surface area (Å²) in [6.07, 6.45) is 8.60. The van der Waals surface area contributed by atoms with E-state index in [-0.39, 0.29) is 0 Å². The highest BCUT2D eigenvalue weighted by Crippen LogP contribution is 2.26. The van der Waals surface area contributed by atoms with E-state index in [1.165, 1.54) is 6.33 Å². The first-order chi connectivity index (χ1) is 8.95. The van der Waals surface area contributed by atoms with E-state index in [0.717, 1.165) is 22.5 Å². The second-order valence-corrected chi connectivity index (χ2v) is 3.74. The minimum Gasteiger partial charge on any atom is -0.264 e. The summed E-state index contributed by atoms with van der Waals surface area (Å²) in [6, 6.07) is 9.64. The Morgan fingerprint density at radius 3 is 2.56 bits per heavy atom. The van der Waals surface area contributed by atoms with E-state index in [2.05, 4.69) is 19.9 Å². The lowest BCUT2D eigenvalue weighted by Gasteiger charge is -2.06. The van der Waals surface area contributed by atoms with Crippen molar-refractivity contribution in [1.29, 1.82) is 0 Å². The van der Waals surface area contributed by atoms with Crippen LogP contribution in [0.4, 0.5) is 0 Å². The summed E-state index contributed by atoms with van der Waals surface area (Å²) < 4.78 is 0. The van der Waals surface area contributed by atoms with Crippen LogP contribution in [0.2, 0.25) is 0 Å². The van der Waals surface area contributed by atoms with E-state index < -0.39 is 0 Å². The SMILES string of the molecule is c1ccc(-c2cncnc2-c2cccnc2)nc1. The van der Waals surface area contributed by atoms with Gasteiger partial charge in [-0.1, -0.05) is 6.07 Å². The summed E-state index contributed by atoms with van der Waals surface area (Å²) in [4.78, 5) is 16.9. The van der Waals surface area contributed by atoms with Crippen molar-refractivity contribution < 1.29 is 0 Å². The standard InChI is InChI=1S/C14H10N4/c1-2-7-17-13(5-1)12-9-16-10-18-14(12)11-4-3-6-15-8-11/h1-10H. The van der Waals surface area contributed by atoms with Gasteiger partial charge in [0, 0.05) is 35.9 Å². The van der Waals surface area contributed by atoms with Gasteiger partial charge in [-0.2, -0.15) is 0 Å². The first-order valence-electron chi connectivity index (χ1n) is 5.57. The molecule has 0 atom stereocenters. The van der Waals surface area contributed by atoms with Gasteiger partial charge in [0.2, 0.25) is 0 Å². The van der Waals surface area contributed by atoms with Crippen LogP contribution in [0.25, 0.3) is 22.5 Å². The van der Waals surface area contributed by atoms with Crippen LogP contribution in [-0.2, 0) is 0 Å². The van der Waals surface area contributed by atoms with Gasteiger partial charge < -0.3 is 0 Å². The molecular weight excluding hydrogens is 224 g/mol. The highest BCUT2D eigenvalue weighted by Gasteiger charge is 2.09. The van der Waals surface area contributed by atoms with Gasteiger partial charge in [-0.25, -0.2) is 9.97 Å². The minimum absolute atomic E-state index is 0.844. The third-order valence-corrected chi connectivity index (χ3v) is 2.59. The number of rotatable bonds is 2. The van der Waals surface area contributed by atoms with E-state index in [9.17, 15) is 0 Å². The second kappa shape index (κ2) is 4.71. The molecule has 0 radical (unpaired) electrons. The molecule has 4 heteroatoms. The third kappa shape index (κ3) is 1.96. The monoisotopic (exact) mass is 234 g/mol. The quantitative estimate of drug-likeness (QED) is 0.684. The summed E-state index contributed by atoms with van der Waals surface area (Å²) in [6.45, 7) is 0. The van der Waals surface area contributed by atoms with Crippen molar-refractivity contribution in [3.63, 3.8) is 0 Å². The predicted octanol–water partition coefficient (Wildman–Crippen LogP) is 2.60. The number of aromatic nitrogens is 4.